The first-order valence-corrected chi connectivity index (χ1v) is 6.11. The first-order valence-electron chi connectivity index (χ1n) is 6.11. The summed E-state index contributed by atoms with van der Waals surface area (Å²) in [5.41, 5.74) is 5.49. The van der Waals surface area contributed by atoms with E-state index in [2.05, 4.69) is 64.1 Å². The van der Waals surface area contributed by atoms with E-state index in [1.54, 1.807) is 0 Å². The van der Waals surface area contributed by atoms with E-state index in [9.17, 15) is 0 Å². The van der Waals surface area contributed by atoms with Crippen molar-refractivity contribution in [3.63, 3.8) is 0 Å². The molecule has 1 aliphatic carbocycles. The Morgan fingerprint density at radius 1 is 1.12 bits per heavy atom. The van der Waals surface area contributed by atoms with E-state index < -0.39 is 0 Å². The molecular formula is C16H22. The fourth-order valence-corrected chi connectivity index (χ4v) is 1.72. The van der Waals surface area contributed by atoms with Gasteiger partial charge in [0.25, 0.3) is 0 Å². The van der Waals surface area contributed by atoms with Gasteiger partial charge >= 0.3 is 0 Å². The summed E-state index contributed by atoms with van der Waals surface area (Å²) < 4.78 is 0. The van der Waals surface area contributed by atoms with Gasteiger partial charge in [0.2, 0.25) is 0 Å². The zero-order chi connectivity index (χ0) is 12.0. The number of hydrogen-bond acceptors (Lipinski definition) is 0. The molecule has 0 radical (unpaired) electrons. The van der Waals surface area contributed by atoms with Gasteiger partial charge in [-0.05, 0) is 31.4 Å². The standard InChI is InChI=1S/C13H14.C3H8/c1-10-4-3-5-12-9-11(2)6-7-13(12)8-10;1-3-2/h3-4,6-9H,5H2,1-2H3;3H2,1-2H3. The minimum Gasteiger partial charge on any atom is -0.0798 e. The van der Waals surface area contributed by atoms with Crippen LogP contribution in [0.5, 0.6) is 0 Å². The summed E-state index contributed by atoms with van der Waals surface area (Å²) in [6, 6.07) is 6.66. The van der Waals surface area contributed by atoms with Gasteiger partial charge in [-0.15, -0.1) is 0 Å². The number of allylic oxidation sites excluding steroid dienone is 3. The van der Waals surface area contributed by atoms with Gasteiger partial charge in [-0.25, -0.2) is 0 Å². The van der Waals surface area contributed by atoms with Gasteiger partial charge < -0.3 is 0 Å². The molecule has 1 aliphatic rings. The van der Waals surface area contributed by atoms with Crippen molar-refractivity contribution in [1.29, 1.82) is 0 Å². The fourth-order valence-electron chi connectivity index (χ4n) is 1.72. The number of benzene rings is 1. The molecule has 0 aromatic heterocycles. The minimum atomic E-state index is 1.06. The van der Waals surface area contributed by atoms with Crippen molar-refractivity contribution < 1.29 is 0 Å². The van der Waals surface area contributed by atoms with Crippen molar-refractivity contribution in [2.45, 2.75) is 40.5 Å². The Balaban J connectivity index is 0.000000386. The Kier molecular flexibility index (Phi) is 5.04. The molecule has 0 bridgehead atoms. The summed E-state index contributed by atoms with van der Waals surface area (Å²) in [5.74, 6) is 0. The molecule has 0 aliphatic heterocycles. The third-order valence-corrected chi connectivity index (χ3v) is 2.40. The number of rotatable bonds is 0. The first-order chi connectivity index (χ1) is 7.67. The maximum atomic E-state index is 2.27. The van der Waals surface area contributed by atoms with Crippen LogP contribution in [-0.4, -0.2) is 0 Å². The third-order valence-electron chi connectivity index (χ3n) is 2.40. The second-order valence-corrected chi connectivity index (χ2v) is 4.40. The highest BCUT2D eigenvalue weighted by molar-refractivity contribution is 5.61. The SMILES string of the molecule is CC1=Cc2ccc(C)cc2CC=C1.CCC. The molecule has 0 spiro atoms. The number of fused-ring (bicyclic) bond motifs is 1. The van der Waals surface area contributed by atoms with E-state index in [4.69, 9.17) is 0 Å². The zero-order valence-corrected chi connectivity index (χ0v) is 10.9. The molecule has 0 N–H and O–H groups in total. The van der Waals surface area contributed by atoms with Gasteiger partial charge in [-0.3, -0.25) is 0 Å². The van der Waals surface area contributed by atoms with Crippen LogP contribution in [0.1, 0.15) is 43.9 Å². The number of aryl methyl sites for hydroxylation is 1. The summed E-state index contributed by atoms with van der Waals surface area (Å²) >= 11 is 0. The smallest absolute Gasteiger partial charge is 0.00882 e. The molecule has 86 valence electrons. The third kappa shape index (κ3) is 3.69. The molecule has 0 saturated carbocycles. The monoisotopic (exact) mass is 214 g/mol. The molecule has 0 heteroatoms. The lowest BCUT2D eigenvalue weighted by atomic mass is 10.0. The predicted octanol–water partition coefficient (Wildman–Crippen LogP) is 4.93. The van der Waals surface area contributed by atoms with Crippen LogP contribution in [0.4, 0.5) is 0 Å². The highest BCUT2D eigenvalue weighted by Crippen LogP contribution is 2.19. The Bertz CT molecular complexity index is 394. The second-order valence-electron chi connectivity index (χ2n) is 4.40. The zero-order valence-electron chi connectivity index (χ0n) is 10.9. The normalized spacial score (nSPS) is 13.1. The lowest BCUT2D eigenvalue weighted by Crippen LogP contribution is -1.86. The summed E-state index contributed by atoms with van der Waals surface area (Å²) in [6.07, 6.45) is 8.98. The molecule has 0 amide bonds. The van der Waals surface area contributed by atoms with Gasteiger partial charge in [0.1, 0.15) is 0 Å². The van der Waals surface area contributed by atoms with Crippen LogP contribution in [0, 0.1) is 6.92 Å². The largest absolute Gasteiger partial charge is 0.0798 e. The van der Waals surface area contributed by atoms with E-state index in [0.717, 1.165) is 6.42 Å². The minimum absolute atomic E-state index is 1.06. The summed E-state index contributed by atoms with van der Waals surface area (Å²) in [6.45, 7) is 8.54. The van der Waals surface area contributed by atoms with Crippen molar-refractivity contribution in [3.05, 3.63) is 52.6 Å². The van der Waals surface area contributed by atoms with Gasteiger partial charge in [0, 0.05) is 0 Å². The lowest BCUT2D eigenvalue weighted by Gasteiger charge is -2.03. The predicted molar refractivity (Wildman–Crippen MR) is 73.6 cm³/mol. The Morgan fingerprint density at radius 2 is 1.81 bits per heavy atom. The van der Waals surface area contributed by atoms with E-state index in [-0.39, 0.29) is 0 Å². The quantitative estimate of drug-likeness (QED) is 0.574. The first kappa shape index (κ1) is 12.8. The van der Waals surface area contributed by atoms with Crippen LogP contribution < -0.4 is 0 Å². The average Bonchev–Trinajstić information content (AvgIpc) is 2.40. The molecule has 0 fully saturated rings. The lowest BCUT2D eigenvalue weighted by molar-refractivity contribution is 1.09. The molecule has 0 saturated heterocycles. The van der Waals surface area contributed by atoms with Crippen LogP contribution in [0.25, 0.3) is 6.08 Å². The van der Waals surface area contributed by atoms with Crippen molar-refractivity contribution >= 4 is 6.08 Å². The molecule has 1 aromatic rings. The van der Waals surface area contributed by atoms with Crippen LogP contribution >= 0.6 is 0 Å². The molecule has 0 heterocycles. The topological polar surface area (TPSA) is 0 Å². The summed E-state index contributed by atoms with van der Waals surface area (Å²) in [5, 5.41) is 0. The molecule has 2 rings (SSSR count). The van der Waals surface area contributed by atoms with Crippen LogP contribution in [0.3, 0.4) is 0 Å². The Morgan fingerprint density at radius 3 is 2.50 bits per heavy atom. The van der Waals surface area contributed by atoms with Gasteiger partial charge in [0.05, 0.1) is 0 Å². The molecule has 16 heavy (non-hydrogen) atoms. The summed E-state index contributed by atoms with van der Waals surface area (Å²) in [4.78, 5) is 0. The van der Waals surface area contributed by atoms with Crippen molar-refractivity contribution in [2.75, 3.05) is 0 Å². The van der Waals surface area contributed by atoms with Gasteiger partial charge in [-0.1, -0.05) is 67.8 Å². The van der Waals surface area contributed by atoms with Gasteiger partial charge in [-0.2, -0.15) is 0 Å². The van der Waals surface area contributed by atoms with E-state index in [1.165, 1.54) is 28.7 Å². The average molecular weight is 214 g/mol. The Hall–Kier alpha value is -1.30. The van der Waals surface area contributed by atoms with Crippen molar-refractivity contribution in [1.82, 2.24) is 0 Å². The fraction of sp³-hybridized carbons (Fsp3) is 0.375. The maximum Gasteiger partial charge on any atom is -0.00882 e. The maximum absolute atomic E-state index is 2.27. The second kappa shape index (κ2) is 6.32. The van der Waals surface area contributed by atoms with Crippen molar-refractivity contribution in [3.8, 4) is 0 Å². The molecular weight excluding hydrogens is 192 g/mol. The highest BCUT2D eigenvalue weighted by Gasteiger charge is 2.01. The number of hydrogen-bond donors (Lipinski definition) is 0. The van der Waals surface area contributed by atoms with Crippen molar-refractivity contribution in [2.24, 2.45) is 0 Å². The van der Waals surface area contributed by atoms with Gasteiger partial charge in [0.15, 0.2) is 0 Å². The summed E-state index contributed by atoms with van der Waals surface area (Å²) in [7, 11) is 0. The van der Waals surface area contributed by atoms with E-state index in [0.29, 0.717) is 0 Å². The van der Waals surface area contributed by atoms with E-state index >= 15 is 0 Å². The Labute approximate surface area is 99.7 Å². The van der Waals surface area contributed by atoms with Crippen LogP contribution in [0.2, 0.25) is 0 Å². The highest BCUT2D eigenvalue weighted by atomic mass is 14.1. The van der Waals surface area contributed by atoms with Crippen LogP contribution in [0.15, 0.2) is 35.9 Å². The van der Waals surface area contributed by atoms with E-state index in [1.807, 2.05) is 0 Å². The molecule has 1 aromatic carbocycles. The van der Waals surface area contributed by atoms with Crippen LogP contribution in [-0.2, 0) is 6.42 Å². The molecule has 0 nitrogen and oxygen atoms in total. The molecule has 0 atom stereocenters. The molecule has 0 unspecified atom stereocenters.